The maximum atomic E-state index is 12.4. The first-order valence-corrected chi connectivity index (χ1v) is 7.29. The smallest absolute Gasteiger partial charge is 0.233 e. The van der Waals surface area contributed by atoms with Crippen LogP contribution in [0.5, 0.6) is 5.75 Å². The summed E-state index contributed by atoms with van der Waals surface area (Å²) in [5.41, 5.74) is 7.24. The van der Waals surface area contributed by atoms with E-state index in [-0.39, 0.29) is 23.7 Å². The van der Waals surface area contributed by atoms with Crippen LogP contribution in [0.15, 0.2) is 18.2 Å². The van der Waals surface area contributed by atoms with Gasteiger partial charge in [-0.25, -0.2) is 0 Å². The summed E-state index contributed by atoms with van der Waals surface area (Å²) >= 11 is 0. The van der Waals surface area contributed by atoms with E-state index in [1.807, 2.05) is 6.07 Å². The van der Waals surface area contributed by atoms with Gasteiger partial charge in [-0.1, -0.05) is 13.0 Å². The molecule has 0 bridgehead atoms. The fourth-order valence-corrected chi connectivity index (χ4v) is 3.57. The van der Waals surface area contributed by atoms with Crippen molar-refractivity contribution in [3.63, 3.8) is 0 Å². The molecule has 1 aromatic carbocycles. The molecule has 2 N–H and O–H groups in total. The average molecular weight is 288 g/mol. The molecule has 1 saturated heterocycles. The van der Waals surface area contributed by atoms with Crippen LogP contribution in [0.4, 0.5) is 5.69 Å². The molecule has 1 aromatic rings. The molecule has 0 spiro atoms. The lowest BCUT2D eigenvalue weighted by atomic mass is 10.00. The second-order valence-corrected chi connectivity index (χ2v) is 6.13. The zero-order valence-corrected chi connectivity index (χ0v) is 12.3. The van der Waals surface area contributed by atoms with Crippen molar-refractivity contribution in [1.82, 2.24) is 4.90 Å². The van der Waals surface area contributed by atoms with Crippen LogP contribution in [0.1, 0.15) is 25.3 Å². The van der Waals surface area contributed by atoms with E-state index in [0.29, 0.717) is 23.9 Å². The second-order valence-electron chi connectivity index (χ2n) is 6.13. The molecule has 2 atom stereocenters. The summed E-state index contributed by atoms with van der Waals surface area (Å²) in [4.78, 5) is 26.2. The van der Waals surface area contributed by atoms with Crippen LogP contribution in [0.3, 0.4) is 0 Å². The van der Waals surface area contributed by atoms with Crippen molar-refractivity contribution < 1.29 is 14.3 Å². The Balaban J connectivity index is 1.78. The third-order valence-electron chi connectivity index (χ3n) is 4.60. The Bertz CT molecular complexity index is 575. The summed E-state index contributed by atoms with van der Waals surface area (Å²) in [7, 11) is 1.56. The van der Waals surface area contributed by atoms with Crippen molar-refractivity contribution in [3.05, 3.63) is 23.8 Å². The molecule has 2 unspecified atom stereocenters. The summed E-state index contributed by atoms with van der Waals surface area (Å²) in [6.07, 6.45) is 1.66. The Hall–Kier alpha value is -2.04. The molecule has 0 radical (unpaired) electrons. The maximum absolute atomic E-state index is 12.4. The predicted molar refractivity (Wildman–Crippen MR) is 78.3 cm³/mol. The number of fused-ring (bicyclic) bond motifs is 1. The molecule has 2 amide bonds. The Kier molecular flexibility index (Phi) is 3.35. The lowest BCUT2D eigenvalue weighted by Crippen LogP contribution is -2.31. The van der Waals surface area contributed by atoms with Crippen LogP contribution in [0, 0.1) is 17.8 Å². The molecule has 1 aliphatic carbocycles. The SMILES string of the molecule is COc1ccc(CN2C(=O)C3CC(C)CC3C2=O)cc1N. The number of amides is 2. The Labute approximate surface area is 124 Å². The largest absolute Gasteiger partial charge is 0.495 e. The van der Waals surface area contributed by atoms with Crippen molar-refractivity contribution in [1.29, 1.82) is 0 Å². The van der Waals surface area contributed by atoms with Crippen molar-refractivity contribution >= 4 is 17.5 Å². The Morgan fingerprint density at radius 1 is 1.24 bits per heavy atom. The number of imide groups is 1. The van der Waals surface area contributed by atoms with Crippen LogP contribution in [0.25, 0.3) is 0 Å². The second kappa shape index (κ2) is 5.06. The number of benzene rings is 1. The topological polar surface area (TPSA) is 72.6 Å². The number of rotatable bonds is 3. The summed E-state index contributed by atoms with van der Waals surface area (Å²) in [5, 5.41) is 0. The minimum absolute atomic E-state index is 0.0243. The first-order valence-electron chi connectivity index (χ1n) is 7.29. The minimum Gasteiger partial charge on any atom is -0.495 e. The fourth-order valence-electron chi connectivity index (χ4n) is 3.57. The molecule has 2 aliphatic rings. The van der Waals surface area contributed by atoms with Crippen LogP contribution < -0.4 is 10.5 Å². The van der Waals surface area contributed by atoms with Gasteiger partial charge in [0.25, 0.3) is 0 Å². The quantitative estimate of drug-likeness (QED) is 0.680. The molecule has 1 heterocycles. The highest BCUT2D eigenvalue weighted by Gasteiger charge is 2.51. The van der Waals surface area contributed by atoms with Crippen LogP contribution >= 0.6 is 0 Å². The average Bonchev–Trinajstić information content (AvgIpc) is 2.93. The predicted octanol–water partition coefficient (Wildman–Crippen LogP) is 1.81. The number of likely N-dealkylation sites (tertiary alicyclic amines) is 1. The molecule has 5 nitrogen and oxygen atoms in total. The van der Waals surface area contributed by atoms with Gasteiger partial charge in [-0.15, -0.1) is 0 Å². The van der Waals surface area contributed by atoms with Crippen molar-refractivity contribution in [2.24, 2.45) is 17.8 Å². The normalized spacial score (nSPS) is 28.1. The third kappa shape index (κ3) is 2.26. The zero-order valence-electron chi connectivity index (χ0n) is 12.3. The molecule has 2 fully saturated rings. The Morgan fingerprint density at radius 3 is 2.38 bits per heavy atom. The number of hydrogen-bond donors (Lipinski definition) is 1. The van der Waals surface area contributed by atoms with Gasteiger partial charge in [0.05, 0.1) is 31.2 Å². The first kappa shape index (κ1) is 13.9. The highest BCUT2D eigenvalue weighted by Crippen LogP contribution is 2.43. The third-order valence-corrected chi connectivity index (χ3v) is 4.60. The number of methoxy groups -OCH3 is 1. The molecule has 5 heteroatoms. The number of hydrogen-bond acceptors (Lipinski definition) is 4. The number of nitrogens with zero attached hydrogens (tertiary/aromatic N) is 1. The van der Waals surface area contributed by atoms with Gasteiger partial charge in [0.2, 0.25) is 11.8 Å². The van der Waals surface area contributed by atoms with Crippen molar-refractivity contribution in [2.45, 2.75) is 26.3 Å². The lowest BCUT2D eigenvalue weighted by Gasteiger charge is -2.17. The van der Waals surface area contributed by atoms with Crippen LogP contribution in [-0.4, -0.2) is 23.8 Å². The molecule has 0 aromatic heterocycles. The summed E-state index contributed by atoms with van der Waals surface area (Å²) in [6.45, 7) is 2.40. The molecule has 21 heavy (non-hydrogen) atoms. The highest BCUT2D eigenvalue weighted by molar-refractivity contribution is 6.05. The molecule has 1 saturated carbocycles. The fraction of sp³-hybridized carbons (Fsp3) is 0.500. The van der Waals surface area contributed by atoms with E-state index >= 15 is 0 Å². The summed E-state index contributed by atoms with van der Waals surface area (Å²) in [6, 6.07) is 5.36. The van der Waals surface area contributed by atoms with E-state index in [0.717, 1.165) is 18.4 Å². The number of carbonyl (C=O) groups is 2. The number of ether oxygens (including phenoxy) is 1. The van der Waals surface area contributed by atoms with Crippen molar-refractivity contribution in [3.8, 4) is 5.75 Å². The maximum Gasteiger partial charge on any atom is 0.233 e. The summed E-state index contributed by atoms with van der Waals surface area (Å²) in [5.74, 6) is 0.800. The van der Waals surface area contributed by atoms with Gasteiger partial charge >= 0.3 is 0 Å². The van der Waals surface area contributed by atoms with E-state index in [1.54, 1.807) is 19.2 Å². The van der Waals surface area contributed by atoms with E-state index in [1.165, 1.54) is 4.90 Å². The number of carbonyl (C=O) groups excluding carboxylic acids is 2. The van der Waals surface area contributed by atoms with E-state index in [2.05, 4.69) is 6.92 Å². The zero-order chi connectivity index (χ0) is 15.1. The molecule has 112 valence electrons. The Morgan fingerprint density at radius 2 is 1.86 bits per heavy atom. The van der Waals surface area contributed by atoms with Gasteiger partial charge in [0, 0.05) is 0 Å². The van der Waals surface area contributed by atoms with Crippen LogP contribution in [-0.2, 0) is 16.1 Å². The van der Waals surface area contributed by atoms with Gasteiger partial charge in [-0.2, -0.15) is 0 Å². The van der Waals surface area contributed by atoms with Gasteiger partial charge in [-0.05, 0) is 36.5 Å². The van der Waals surface area contributed by atoms with Gasteiger partial charge in [-0.3, -0.25) is 14.5 Å². The molecule has 3 rings (SSSR count). The number of nitrogens with two attached hydrogens (primary N) is 1. The van der Waals surface area contributed by atoms with E-state index in [9.17, 15) is 9.59 Å². The number of nitrogen functional groups attached to an aromatic ring is 1. The molecular weight excluding hydrogens is 268 g/mol. The first-order chi connectivity index (χ1) is 10.0. The van der Waals surface area contributed by atoms with Gasteiger partial charge < -0.3 is 10.5 Å². The van der Waals surface area contributed by atoms with Crippen LogP contribution in [0.2, 0.25) is 0 Å². The monoisotopic (exact) mass is 288 g/mol. The molecular formula is C16H20N2O3. The molecule has 1 aliphatic heterocycles. The van der Waals surface area contributed by atoms with Gasteiger partial charge in [0.15, 0.2) is 0 Å². The van der Waals surface area contributed by atoms with E-state index in [4.69, 9.17) is 10.5 Å². The minimum atomic E-state index is -0.108. The van der Waals surface area contributed by atoms with Gasteiger partial charge in [0.1, 0.15) is 5.75 Å². The lowest BCUT2D eigenvalue weighted by molar-refractivity contribution is -0.141. The highest BCUT2D eigenvalue weighted by atomic mass is 16.5. The summed E-state index contributed by atoms with van der Waals surface area (Å²) < 4.78 is 5.11. The van der Waals surface area contributed by atoms with E-state index < -0.39 is 0 Å². The number of anilines is 1. The van der Waals surface area contributed by atoms with Crippen molar-refractivity contribution in [2.75, 3.05) is 12.8 Å². The standard InChI is InChI=1S/C16H20N2O3/c1-9-5-11-12(6-9)16(20)18(15(11)19)8-10-3-4-14(21-2)13(17)7-10/h3-4,7,9,11-12H,5-6,8,17H2,1-2H3.